The molecule has 5 heteroatoms. The molecule has 72 valence electrons. The Balaban J connectivity index is 2.29. The third-order valence-corrected chi connectivity index (χ3v) is 1.53. The van der Waals surface area contributed by atoms with Gasteiger partial charge in [0.25, 0.3) is 0 Å². The summed E-state index contributed by atoms with van der Waals surface area (Å²) < 4.78 is 4.38. The molecule has 0 bridgehead atoms. The molecular weight excluding hydrogens is 172 g/mol. The molecule has 0 unspecified atom stereocenters. The first-order chi connectivity index (χ1) is 6.08. The van der Waals surface area contributed by atoms with Crippen LogP contribution in [0.15, 0.2) is 12.4 Å². The lowest BCUT2D eigenvalue weighted by Crippen LogP contribution is -2.29. The van der Waals surface area contributed by atoms with E-state index in [4.69, 9.17) is 0 Å². The average Bonchev–Trinajstić information content (AvgIpc) is 2.33. The van der Waals surface area contributed by atoms with Crippen LogP contribution in [0.4, 0.5) is 0 Å². The quantitative estimate of drug-likeness (QED) is 0.437. The predicted octanol–water partition coefficient (Wildman–Crippen LogP) is -0.248. The van der Waals surface area contributed by atoms with Crippen molar-refractivity contribution < 1.29 is 14.3 Å². The summed E-state index contributed by atoms with van der Waals surface area (Å²) in [5.74, 6) is -1.09. The van der Waals surface area contributed by atoms with Crippen LogP contribution >= 0.6 is 0 Å². The minimum Gasteiger partial charge on any atom is -0.392 e. The van der Waals surface area contributed by atoms with E-state index < -0.39 is 11.9 Å². The second-order valence-electron chi connectivity index (χ2n) is 2.91. The molecule has 0 amide bonds. The summed E-state index contributed by atoms with van der Waals surface area (Å²) in [5, 5.41) is 0. The lowest BCUT2D eigenvalue weighted by molar-refractivity contribution is -0.158. The minimum absolute atomic E-state index is 0.112. The van der Waals surface area contributed by atoms with E-state index in [9.17, 15) is 9.59 Å². The minimum atomic E-state index is -0.568. The maximum Gasteiger partial charge on any atom is 0.333 e. The molecule has 0 aromatic heterocycles. The van der Waals surface area contributed by atoms with Crippen LogP contribution in [0.3, 0.4) is 0 Å². The van der Waals surface area contributed by atoms with Gasteiger partial charge in [0, 0.05) is 26.4 Å². The second kappa shape index (κ2) is 3.93. The molecule has 0 aliphatic carbocycles. The van der Waals surface area contributed by atoms with Crippen LogP contribution in [0.25, 0.3) is 0 Å². The topological polar surface area (TPSA) is 49.9 Å². The fraction of sp³-hybridized carbons (Fsp3) is 0.500. The summed E-state index contributed by atoms with van der Waals surface area (Å²) in [5.41, 5.74) is 0. The highest BCUT2D eigenvalue weighted by Crippen LogP contribution is 2.02. The van der Waals surface area contributed by atoms with Gasteiger partial charge in [0.1, 0.15) is 6.54 Å². The Labute approximate surface area is 76.6 Å². The number of ether oxygens (including phenoxy) is 1. The number of rotatable bonds is 2. The van der Waals surface area contributed by atoms with Crippen LogP contribution < -0.4 is 0 Å². The van der Waals surface area contributed by atoms with E-state index in [1.807, 2.05) is 18.1 Å². The Kier molecular flexibility index (Phi) is 2.89. The Morgan fingerprint density at radius 3 is 2.62 bits per heavy atom. The molecule has 0 spiro atoms. The number of carbonyl (C=O) groups excluding carboxylic acids is 2. The van der Waals surface area contributed by atoms with Crippen LogP contribution in [0.1, 0.15) is 6.92 Å². The van der Waals surface area contributed by atoms with Crippen molar-refractivity contribution in [3.05, 3.63) is 12.4 Å². The van der Waals surface area contributed by atoms with Gasteiger partial charge in [0.05, 0.1) is 6.67 Å². The predicted molar refractivity (Wildman–Crippen MR) is 45.2 cm³/mol. The molecule has 0 saturated carbocycles. The van der Waals surface area contributed by atoms with Gasteiger partial charge < -0.3 is 14.5 Å². The Bertz CT molecular complexity index is 250. The van der Waals surface area contributed by atoms with Gasteiger partial charge in [-0.05, 0) is 0 Å². The molecule has 5 nitrogen and oxygen atoms in total. The van der Waals surface area contributed by atoms with Crippen LogP contribution in [0.5, 0.6) is 0 Å². The maximum atomic E-state index is 11.0. The highest BCUT2D eigenvalue weighted by molar-refractivity contribution is 5.85. The fourth-order valence-corrected chi connectivity index (χ4v) is 1.05. The Hall–Kier alpha value is -1.52. The molecule has 1 rings (SSSR count). The van der Waals surface area contributed by atoms with Gasteiger partial charge in [0.2, 0.25) is 0 Å². The third-order valence-electron chi connectivity index (χ3n) is 1.53. The number of hydrogen-bond donors (Lipinski definition) is 0. The van der Waals surface area contributed by atoms with Crippen molar-refractivity contribution in [3.8, 4) is 0 Å². The van der Waals surface area contributed by atoms with Gasteiger partial charge in [-0.15, -0.1) is 0 Å². The molecule has 0 aromatic rings. The maximum absolute atomic E-state index is 11.0. The molecule has 1 aliphatic heterocycles. The van der Waals surface area contributed by atoms with Crippen LogP contribution in [-0.2, 0) is 14.3 Å². The van der Waals surface area contributed by atoms with Gasteiger partial charge in [0.15, 0.2) is 0 Å². The average molecular weight is 184 g/mol. The first kappa shape index (κ1) is 9.57. The first-order valence-electron chi connectivity index (χ1n) is 3.92. The molecule has 1 heterocycles. The van der Waals surface area contributed by atoms with Crippen molar-refractivity contribution in [2.45, 2.75) is 6.92 Å². The molecule has 0 aromatic carbocycles. The van der Waals surface area contributed by atoms with Gasteiger partial charge in [-0.2, -0.15) is 0 Å². The van der Waals surface area contributed by atoms with Crippen LogP contribution in [0.2, 0.25) is 0 Å². The summed E-state index contributed by atoms with van der Waals surface area (Å²) in [6.07, 6.45) is 3.63. The molecule has 0 atom stereocenters. The summed E-state index contributed by atoms with van der Waals surface area (Å²) in [4.78, 5) is 25.1. The normalized spacial score (nSPS) is 14.9. The molecule has 13 heavy (non-hydrogen) atoms. The van der Waals surface area contributed by atoms with Crippen molar-refractivity contribution in [1.29, 1.82) is 0 Å². The second-order valence-corrected chi connectivity index (χ2v) is 2.91. The molecule has 1 aliphatic rings. The van der Waals surface area contributed by atoms with E-state index in [0.29, 0.717) is 6.67 Å². The summed E-state index contributed by atoms with van der Waals surface area (Å²) in [7, 11) is 1.90. The van der Waals surface area contributed by atoms with E-state index >= 15 is 0 Å². The monoisotopic (exact) mass is 184 g/mol. The third kappa shape index (κ3) is 3.14. The van der Waals surface area contributed by atoms with E-state index in [2.05, 4.69) is 4.74 Å². The zero-order valence-corrected chi connectivity index (χ0v) is 7.69. The van der Waals surface area contributed by atoms with E-state index in [1.165, 1.54) is 6.92 Å². The fourth-order valence-electron chi connectivity index (χ4n) is 1.05. The number of carbonyl (C=O) groups is 2. The van der Waals surface area contributed by atoms with E-state index in [-0.39, 0.29) is 6.54 Å². The van der Waals surface area contributed by atoms with Crippen molar-refractivity contribution in [2.24, 2.45) is 0 Å². The van der Waals surface area contributed by atoms with Crippen molar-refractivity contribution in [1.82, 2.24) is 9.80 Å². The van der Waals surface area contributed by atoms with Crippen molar-refractivity contribution >= 4 is 11.9 Å². The van der Waals surface area contributed by atoms with Crippen molar-refractivity contribution in [2.75, 3.05) is 20.3 Å². The highest BCUT2D eigenvalue weighted by atomic mass is 16.6. The molecule has 0 N–H and O–H groups in total. The number of nitrogens with zero attached hydrogens (tertiary/aromatic N) is 2. The van der Waals surface area contributed by atoms with Gasteiger partial charge in [-0.1, -0.05) is 0 Å². The largest absolute Gasteiger partial charge is 0.392 e. The zero-order chi connectivity index (χ0) is 9.84. The molecule has 0 radical (unpaired) electrons. The van der Waals surface area contributed by atoms with Crippen LogP contribution in [0, 0.1) is 0 Å². The first-order valence-corrected chi connectivity index (χ1v) is 3.92. The Morgan fingerprint density at radius 2 is 2.15 bits per heavy atom. The van der Waals surface area contributed by atoms with Gasteiger partial charge in [-0.25, -0.2) is 4.79 Å². The van der Waals surface area contributed by atoms with Crippen molar-refractivity contribution in [3.63, 3.8) is 0 Å². The molecule has 0 fully saturated rings. The summed E-state index contributed by atoms with van der Waals surface area (Å²) in [6, 6.07) is 0. The lowest BCUT2D eigenvalue weighted by Gasteiger charge is -2.16. The lowest BCUT2D eigenvalue weighted by atomic mass is 10.6. The number of esters is 2. The zero-order valence-electron chi connectivity index (χ0n) is 7.69. The SMILES string of the molecule is CC(=O)OC(=O)CN1C=CN(C)C1. The summed E-state index contributed by atoms with van der Waals surface area (Å²) >= 11 is 0. The smallest absolute Gasteiger partial charge is 0.333 e. The summed E-state index contributed by atoms with van der Waals surface area (Å²) in [6.45, 7) is 1.97. The van der Waals surface area contributed by atoms with E-state index in [1.54, 1.807) is 11.1 Å². The van der Waals surface area contributed by atoms with Gasteiger partial charge >= 0.3 is 11.9 Å². The number of hydrogen-bond acceptors (Lipinski definition) is 5. The molecular formula is C8H12N2O3. The standard InChI is InChI=1S/C8H12N2O3/c1-7(11)13-8(12)5-10-4-3-9(2)6-10/h3-4H,5-6H2,1-2H3. The van der Waals surface area contributed by atoms with Crippen LogP contribution in [-0.4, -0.2) is 42.0 Å². The highest BCUT2D eigenvalue weighted by Gasteiger charge is 2.14. The van der Waals surface area contributed by atoms with E-state index in [0.717, 1.165) is 0 Å². The molecule has 0 saturated heterocycles. The van der Waals surface area contributed by atoms with Gasteiger partial charge in [-0.3, -0.25) is 4.79 Å². The Morgan fingerprint density at radius 1 is 1.46 bits per heavy atom.